The van der Waals surface area contributed by atoms with Gasteiger partial charge in [0.2, 0.25) is 5.91 Å². The van der Waals surface area contributed by atoms with Gasteiger partial charge in [-0.05, 0) is 31.8 Å². The van der Waals surface area contributed by atoms with Crippen molar-refractivity contribution in [1.29, 1.82) is 0 Å². The van der Waals surface area contributed by atoms with Gasteiger partial charge in [-0.1, -0.05) is 0 Å². The fourth-order valence-corrected chi connectivity index (χ4v) is 1.87. The van der Waals surface area contributed by atoms with Crippen molar-refractivity contribution < 1.29 is 14.7 Å². The number of hydrogen-bond acceptors (Lipinski definition) is 3. The van der Waals surface area contributed by atoms with E-state index in [-0.39, 0.29) is 12.3 Å². The third-order valence-electron chi connectivity index (χ3n) is 3.02. The van der Waals surface area contributed by atoms with Gasteiger partial charge in [-0.3, -0.25) is 9.59 Å². The molecule has 0 aromatic rings. The number of amides is 1. The van der Waals surface area contributed by atoms with Crippen molar-refractivity contribution in [2.24, 2.45) is 5.92 Å². The van der Waals surface area contributed by atoms with Crippen molar-refractivity contribution >= 4 is 11.9 Å². The molecule has 92 valence electrons. The number of carboxylic acid groups (broad SMARTS) is 1. The van der Waals surface area contributed by atoms with Gasteiger partial charge in [0.1, 0.15) is 0 Å². The van der Waals surface area contributed by atoms with Gasteiger partial charge in [0.15, 0.2) is 0 Å². The van der Waals surface area contributed by atoms with Gasteiger partial charge >= 0.3 is 5.97 Å². The van der Waals surface area contributed by atoms with E-state index in [4.69, 9.17) is 5.11 Å². The Morgan fingerprint density at radius 3 is 2.75 bits per heavy atom. The van der Waals surface area contributed by atoms with Crippen LogP contribution >= 0.6 is 0 Å². The molecule has 0 aromatic heterocycles. The van der Waals surface area contributed by atoms with Crippen LogP contribution in [0.2, 0.25) is 0 Å². The van der Waals surface area contributed by atoms with Crippen LogP contribution in [0.3, 0.4) is 0 Å². The van der Waals surface area contributed by atoms with E-state index < -0.39 is 5.97 Å². The number of rotatable bonds is 6. The molecule has 0 spiro atoms. The van der Waals surface area contributed by atoms with Gasteiger partial charge in [-0.2, -0.15) is 0 Å². The van der Waals surface area contributed by atoms with Crippen LogP contribution in [0, 0.1) is 5.92 Å². The molecule has 1 unspecified atom stereocenters. The molecule has 1 heterocycles. The first-order chi connectivity index (χ1) is 7.59. The van der Waals surface area contributed by atoms with Gasteiger partial charge in [0.05, 0.1) is 6.42 Å². The third kappa shape index (κ3) is 4.61. The molecule has 2 N–H and O–H groups in total. The normalized spacial score (nSPS) is 19.7. The van der Waals surface area contributed by atoms with Crippen LogP contribution in [0.1, 0.15) is 25.7 Å². The number of carbonyl (C=O) groups is 2. The maximum absolute atomic E-state index is 11.6. The lowest BCUT2D eigenvalue weighted by atomic mass is 10.0. The summed E-state index contributed by atoms with van der Waals surface area (Å²) >= 11 is 0. The van der Waals surface area contributed by atoms with Gasteiger partial charge in [-0.25, -0.2) is 0 Å². The van der Waals surface area contributed by atoms with Crippen LogP contribution in [0.4, 0.5) is 0 Å². The average Bonchev–Trinajstić information content (AvgIpc) is 2.75. The van der Waals surface area contributed by atoms with E-state index in [1.807, 2.05) is 0 Å². The van der Waals surface area contributed by atoms with E-state index in [2.05, 4.69) is 5.32 Å². The molecule has 1 saturated heterocycles. The van der Waals surface area contributed by atoms with Crippen LogP contribution in [-0.2, 0) is 9.59 Å². The predicted octanol–water partition coefficient (Wildman–Crippen LogP) is 0.309. The molecule has 0 aliphatic carbocycles. The maximum Gasteiger partial charge on any atom is 0.305 e. The van der Waals surface area contributed by atoms with Crippen LogP contribution in [0.25, 0.3) is 0 Å². The Morgan fingerprint density at radius 2 is 2.19 bits per heavy atom. The van der Waals surface area contributed by atoms with Crippen LogP contribution in [0.15, 0.2) is 0 Å². The second kappa shape index (κ2) is 6.48. The summed E-state index contributed by atoms with van der Waals surface area (Å²) in [5.41, 5.74) is 0. The van der Waals surface area contributed by atoms with E-state index in [0.717, 1.165) is 25.9 Å². The van der Waals surface area contributed by atoms with Gasteiger partial charge in [-0.15, -0.1) is 0 Å². The first-order valence-electron chi connectivity index (χ1n) is 5.76. The van der Waals surface area contributed by atoms with E-state index in [1.165, 1.54) is 4.90 Å². The summed E-state index contributed by atoms with van der Waals surface area (Å²) in [7, 11) is 1.66. The SMILES string of the molecule is CN(CCC(=O)O)C(=O)CCC1CCNC1. The standard InChI is InChI=1S/C11H20N2O3/c1-13(7-5-11(15)16)10(14)3-2-9-4-6-12-8-9/h9,12H,2-8H2,1H3,(H,15,16). The molecule has 1 amide bonds. The highest BCUT2D eigenvalue weighted by atomic mass is 16.4. The lowest BCUT2D eigenvalue weighted by molar-refractivity contribution is -0.138. The molecular formula is C11H20N2O3. The molecule has 16 heavy (non-hydrogen) atoms. The average molecular weight is 228 g/mol. The van der Waals surface area contributed by atoms with Crippen molar-refractivity contribution in [3.63, 3.8) is 0 Å². The second-order valence-electron chi connectivity index (χ2n) is 4.36. The first kappa shape index (κ1) is 13.0. The van der Waals surface area contributed by atoms with Crippen molar-refractivity contribution in [1.82, 2.24) is 10.2 Å². The Morgan fingerprint density at radius 1 is 1.44 bits per heavy atom. The highest BCUT2D eigenvalue weighted by Crippen LogP contribution is 2.14. The van der Waals surface area contributed by atoms with E-state index in [9.17, 15) is 9.59 Å². The molecule has 0 bridgehead atoms. The summed E-state index contributed by atoms with van der Waals surface area (Å²) in [5.74, 6) is -0.204. The Kier molecular flexibility index (Phi) is 5.25. The largest absolute Gasteiger partial charge is 0.481 e. The topological polar surface area (TPSA) is 69.6 Å². The minimum absolute atomic E-state index is 0.0211. The lowest BCUT2D eigenvalue weighted by Gasteiger charge is -2.17. The van der Waals surface area contributed by atoms with Crippen molar-refractivity contribution in [3.8, 4) is 0 Å². The highest BCUT2D eigenvalue weighted by molar-refractivity contribution is 5.76. The van der Waals surface area contributed by atoms with Gasteiger partial charge < -0.3 is 15.3 Å². The number of carboxylic acids is 1. The minimum Gasteiger partial charge on any atom is -0.481 e. The second-order valence-corrected chi connectivity index (χ2v) is 4.36. The fourth-order valence-electron chi connectivity index (χ4n) is 1.87. The van der Waals surface area contributed by atoms with E-state index in [0.29, 0.717) is 18.9 Å². The zero-order chi connectivity index (χ0) is 12.0. The van der Waals surface area contributed by atoms with E-state index in [1.54, 1.807) is 7.05 Å². The van der Waals surface area contributed by atoms with Gasteiger partial charge in [0.25, 0.3) is 0 Å². The van der Waals surface area contributed by atoms with Crippen molar-refractivity contribution in [2.45, 2.75) is 25.7 Å². The summed E-state index contributed by atoms with van der Waals surface area (Å²) in [6.07, 6.45) is 2.60. The zero-order valence-corrected chi connectivity index (χ0v) is 9.74. The van der Waals surface area contributed by atoms with Crippen LogP contribution in [0.5, 0.6) is 0 Å². The van der Waals surface area contributed by atoms with Crippen LogP contribution in [-0.4, -0.2) is 48.6 Å². The van der Waals surface area contributed by atoms with Crippen molar-refractivity contribution in [2.75, 3.05) is 26.7 Å². The lowest BCUT2D eigenvalue weighted by Crippen LogP contribution is -2.29. The minimum atomic E-state index is -0.861. The maximum atomic E-state index is 11.6. The number of nitrogens with zero attached hydrogens (tertiary/aromatic N) is 1. The quantitative estimate of drug-likeness (QED) is 0.686. The molecule has 1 fully saturated rings. The first-order valence-corrected chi connectivity index (χ1v) is 5.76. The number of nitrogens with one attached hydrogen (secondary N) is 1. The third-order valence-corrected chi connectivity index (χ3v) is 3.02. The summed E-state index contributed by atoms with van der Waals surface area (Å²) in [6, 6.07) is 0. The zero-order valence-electron chi connectivity index (χ0n) is 9.74. The summed E-state index contributed by atoms with van der Waals surface area (Å²) in [4.78, 5) is 23.5. The van der Waals surface area contributed by atoms with E-state index >= 15 is 0 Å². The molecule has 0 aromatic carbocycles. The number of hydrogen-bond donors (Lipinski definition) is 2. The van der Waals surface area contributed by atoms with Gasteiger partial charge in [0, 0.05) is 20.0 Å². The van der Waals surface area contributed by atoms with Crippen LogP contribution < -0.4 is 5.32 Å². The number of aliphatic carboxylic acids is 1. The Labute approximate surface area is 95.8 Å². The Hall–Kier alpha value is -1.10. The number of carbonyl (C=O) groups excluding carboxylic acids is 1. The summed E-state index contributed by atoms with van der Waals surface area (Å²) < 4.78 is 0. The molecule has 5 nitrogen and oxygen atoms in total. The summed E-state index contributed by atoms with van der Waals surface area (Å²) in [6.45, 7) is 2.36. The molecule has 1 rings (SSSR count). The molecule has 0 radical (unpaired) electrons. The fraction of sp³-hybridized carbons (Fsp3) is 0.818. The molecule has 0 saturated carbocycles. The molecule has 1 aliphatic rings. The Balaban J connectivity index is 2.15. The highest BCUT2D eigenvalue weighted by Gasteiger charge is 2.17. The smallest absolute Gasteiger partial charge is 0.305 e. The predicted molar refractivity (Wildman–Crippen MR) is 60.1 cm³/mol. The molecule has 1 aliphatic heterocycles. The summed E-state index contributed by atoms with van der Waals surface area (Å²) in [5, 5.41) is 11.8. The molecular weight excluding hydrogens is 208 g/mol. The molecule has 1 atom stereocenters. The Bertz CT molecular complexity index is 250. The molecule has 5 heteroatoms. The monoisotopic (exact) mass is 228 g/mol. The van der Waals surface area contributed by atoms with Crippen molar-refractivity contribution in [3.05, 3.63) is 0 Å².